The number of nitrogens with one attached hydrogen (secondary N) is 4. The molecular formula is C27H57N5O3. The molecular weight excluding hydrogens is 442 g/mol. The highest BCUT2D eigenvalue weighted by atomic mass is 16.7. The van der Waals surface area contributed by atoms with E-state index in [0.29, 0.717) is 6.42 Å². The van der Waals surface area contributed by atoms with Gasteiger partial charge in [0.1, 0.15) is 0 Å². The molecule has 2 amide bonds. The Hall–Kier alpha value is -1.38. The molecule has 0 aliphatic rings. The highest BCUT2D eigenvalue weighted by Crippen LogP contribution is 2.11. The molecule has 0 aliphatic heterocycles. The molecule has 208 valence electrons. The SMILES string of the molecule is CCCCCCCCCCCCCCNCCCCNCCCCNCCCC(=O)ONC(N)=O. The lowest BCUT2D eigenvalue weighted by molar-refractivity contribution is -0.148. The number of rotatable bonds is 27. The van der Waals surface area contributed by atoms with Crippen molar-refractivity contribution < 1.29 is 14.4 Å². The molecule has 0 saturated carbocycles. The van der Waals surface area contributed by atoms with Crippen LogP contribution in [0.1, 0.15) is 122 Å². The molecule has 0 bridgehead atoms. The fourth-order valence-electron chi connectivity index (χ4n) is 3.98. The summed E-state index contributed by atoms with van der Waals surface area (Å²) >= 11 is 0. The van der Waals surface area contributed by atoms with Gasteiger partial charge in [0.15, 0.2) is 0 Å². The molecule has 0 aromatic rings. The summed E-state index contributed by atoms with van der Waals surface area (Å²) in [5.41, 5.74) is 6.64. The standard InChI is InChI=1S/C27H57N5O3/c1-2-3-4-5-6-7-8-9-10-11-12-13-20-29-21-14-15-22-30-23-16-17-24-31-25-18-19-26(33)35-32-27(28)34/h29-31H,2-25H2,1H3,(H3,28,32,34). The number of amides is 2. The van der Waals surface area contributed by atoms with Gasteiger partial charge in [-0.2, -0.15) is 5.48 Å². The minimum absolute atomic E-state index is 0.253. The van der Waals surface area contributed by atoms with E-state index in [-0.39, 0.29) is 6.42 Å². The Bertz CT molecular complexity index is 466. The summed E-state index contributed by atoms with van der Waals surface area (Å²) in [6.45, 7) is 8.43. The van der Waals surface area contributed by atoms with Crippen LogP contribution < -0.4 is 27.2 Å². The second-order valence-corrected chi connectivity index (χ2v) is 9.60. The van der Waals surface area contributed by atoms with Crippen LogP contribution in [0.25, 0.3) is 0 Å². The Labute approximate surface area is 215 Å². The molecule has 0 heterocycles. The average Bonchev–Trinajstić information content (AvgIpc) is 2.85. The van der Waals surface area contributed by atoms with E-state index in [1.165, 1.54) is 96.4 Å². The van der Waals surface area contributed by atoms with E-state index in [4.69, 9.17) is 5.73 Å². The first-order valence-corrected chi connectivity index (χ1v) is 14.5. The zero-order valence-electron chi connectivity index (χ0n) is 22.8. The lowest BCUT2D eigenvalue weighted by Gasteiger charge is -2.07. The number of carbonyl (C=O) groups is 2. The van der Waals surface area contributed by atoms with E-state index in [9.17, 15) is 9.59 Å². The van der Waals surface area contributed by atoms with E-state index in [0.717, 1.165) is 45.6 Å². The van der Waals surface area contributed by atoms with Crippen molar-refractivity contribution in [2.75, 3.05) is 39.3 Å². The van der Waals surface area contributed by atoms with Crippen molar-refractivity contribution in [1.82, 2.24) is 21.4 Å². The van der Waals surface area contributed by atoms with Crippen molar-refractivity contribution in [1.29, 1.82) is 0 Å². The zero-order valence-corrected chi connectivity index (χ0v) is 22.8. The summed E-state index contributed by atoms with van der Waals surface area (Å²) in [6, 6.07) is -0.869. The molecule has 0 radical (unpaired) electrons. The molecule has 0 unspecified atom stereocenters. The molecule has 0 spiro atoms. The predicted octanol–water partition coefficient (Wildman–Crippen LogP) is 4.92. The first-order valence-electron chi connectivity index (χ1n) is 14.5. The molecule has 8 nitrogen and oxygen atoms in total. The second kappa shape index (κ2) is 28.9. The highest BCUT2D eigenvalue weighted by molar-refractivity contribution is 5.75. The molecule has 35 heavy (non-hydrogen) atoms. The van der Waals surface area contributed by atoms with Gasteiger partial charge in [0, 0.05) is 6.42 Å². The lowest BCUT2D eigenvalue weighted by atomic mass is 10.1. The molecule has 8 heteroatoms. The average molecular weight is 500 g/mol. The Morgan fingerprint density at radius 2 is 0.886 bits per heavy atom. The van der Waals surface area contributed by atoms with Crippen molar-refractivity contribution in [3.05, 3.63) is 0 Å². The number of unbranched alkanes of at least 4 members (excludes halogenated alkanes) is 13. The quantitative estimate of drug-likeness (QED) is 0.0808. The lowest BCUT2D eigenvalue weighted by Crippen LogP contribution is -2.32. The van der Waals surface area contributed by atoms with Gasteiger partial charge in [-0.25, -0.2) is 9.59 Å². The zero-order chi connectivity index (χ0) is 25.7. The van der Waals surface area contributed by atoms with Gasteiger partial charge in [-0.15, -0.1) is 0 Å². The van der Waals surface area contributed by atoms with Gasteiger partial charge in [0.05, 0.1) is 0 Å². The Kier molecular flexibility index (Phi) is 27.7. The van der Waals surface area contributed by atoms with Crippen LogP contribution in [-0.2, 0) is 9.63 Å². The van der Waals surface area contributed by atoms with Crippen LogP contribution in [0.3, 0.4) is 0 Å². The minimum Gasteiger partial charge on any atom is -0.349 e. The summed E-state index contributed by atoms with van der Waals surface area (Å²) in [4.78, 5) is 26.1. The summed E-state index contributed by atoms with van der Waals surface area (Å²) < 4.78 is 0. The number of hydrogen-bond donors (Lipinski definition) is 5. The van der Waals surface area contributed by atoms with Crippen molar-refractivity contribution in [2.45, 2.75) is 122 Å². The number of primary amides is 1. The molecule has 0 rings (SSSR count). The normalized spacial score (nSPS) is 11.0. The van der Waals surface area contributed by atoms with Crippen molar-refractivity contribution in [3.63, 3.8) is 0 Å². The summed E-state index contributed by atoms with van der Waals surface area (Å²) in [7, 11) is 0. The maximum atomic E-state index is 11.3. The monoisotopic (exact) mass is 499 g/mol. The Morgan fingerprint density at radius 1 is 0.543 bits per heavy atom. The van der Waals surface area contributed by atoms with E-state index in [2.05, 4.69) is 27.7 Å². The largest absolute Gasteiger partial charge is 0.349 e. The van der Waals surface area contributed by atoms with Gasteiger partial charge in [0.25, 0.3) is 0 Å². The first kappa shape index (κ1) is 33.6. The van der Waals surface area contributed by atoms with Gasteiger partial charge in [-0.1, -0.05) is 77.6 Å². The molecule has 0 atom stereocenters. The number of hydrogen-bond acceptors (Lipinski definition) is 6. The fraction of sp³-hybridized carbons (Fsp3) is 0.926. The number of nitrogens with two attached hydrogens (primary N) is 1. The van der Waals surface area contributed by atoms with E-state index in [1.807, 2.05) is 5.48 Å². The number of urea groups is 1. The molecule has 0 aromatic heterocycles. The van der Waals surface area contributed by atoms with Crippen LogP contribution in [0.5, 0.6) is 0 Å². The van der Waals surface area contributed by atoms with Crippen LogP contribution in [0, 0.1) is 0 Å². The third-order valence-electron chi connectivity index (χ3n) is 6.12. The maximum absolute atomic E-state index is 11.3. The third-order valence-corrected chi connectivity index (χ3v) is 6.12. The van der Waals surface area contributed by atoms with Crippen LogP contribution in [0.15, 0.2) is 0 Å². The smallest absolute Gasteiger partial charge is 0.345 e. The van der Waals surface area contributed by atoms with E-state index >= 15 is 0 Å². The van der Waals surface area contributed by atoms with Crippen LogP contribution >= 0.6 is 0 Å². The van der Waals surface area contributed by atoms with Gasteiger partial charge < -0.3 is 26.5 Å². The minimum atomic E-state index is -0.869. The maximum Gasteiger partial charge on any atom is 0.345 e. The van der Waals surface area contributed by atoms with Crippen molar-refractivity contribution >= 4 is 12.0 Å². The summed E-state index contributed by atoms with van der Waals surface area (Å²) in [5, 5.41) is 10.4. The molecule has 0 aliphatic carbocycles. The van der Waals surface area contributed by atoms with Crippen LogP contribution in [-0.4, -0.2) is 51.3 Å². The van der Waals surface area contributed by atoms with Crippen molar-refractivity contribution in [3.8, 4) is 0 Å². The third kappa shape index (κ3) is 30.6. The van der Waals surface area contributed by atoms with Gasteiger partial charge >= 0.3 is 12.0 Å². The Morgan fingerprint density at radius 3 is 1.29 bits per heavy atom. The molecule has 0 fully saturated rings. The van der Waals surface area contributed by atoms with Gasteiger partial charge in [0.2, 0.25) is 0 Å². The summed E-state index contributed by atoms with van der Waals surface area (Å²) in [6.07, 6.45) is 22.6. The van der Waals surface area contributed by atoms with E-state index in [1.54, 1.807) is 0 Å². The van der Waals surface area contributed by atoms with E-state index < -0.39 is 12.0 Å². The van der Waals surface area contributed by atoms with Gasteiger partial charge in [-0.3, -0.25) is 0 Å². The second-order valence-electron chi connectivity index (χ2n) is 9.60. The highest BCUT2D eigenvalue weighted by Gasteiger charge is 2.03. The topological polar surface area (TPSA) is 118 Å². The molecule has 6 N–H and O–H groups in total. The van der Waals surface area contributed by atoms with Crippen LogP contribution in [0.2, 0.25) is 0 Å². The summed E-state index contributed by atoms with van der Waals surface area (Å²) in [5.74, 6) is -0.477. The molecule has 0 aromatic carbocycles. The first-order chi connectivity index (χ1) is 17.2. The molecule has 0 saturated heterocycles. The van der Waals surface area contributed by atoms with Crippen molar-refractivity contribution in [2.24, 2.45) is 5.73 Å². The number of hydroxylamine groups is 1. The van der Waals surface area contributed by atoms with Gasteiger partial charge in [-0.05, 0) is 77.8 Å². The Balaban J connectivity index is 3.08. The number of carbonyl (C=O) groups excluding carboxylic acids is 2. The fourth-order valence-corrected chi connectivity index (χ4v) is 3.98. The predicted molar refractivity (Wildman–Crippen MR) is 146 cm³/mol. The van der Waals surface area contributed by atoms with Crippen LogP contribution in [0.4, 0.5) is 4.79 Å².